The van der Waals surface area contributed by atoms with Gasteiger partial charge in [-0.3, -0.25) is 19.3 Å². The maximum atomic E-state index is 14.1. The highest BCUT2D eigenvalue weighted by atomic mass is 32.1. The number of rotatable bonds is 3. The van der Waals surface area contributed by atoms with Crippen molar-refractivity contribution in [3.63, 3.8) is 0 Å². The van der Waals surface area contributed by atoms with E-state index in [1.54, 1.807) is 41.0 Å². The summed E-state index contributed by atoms with van der Waals surface area (Å²) in [5, 5.41) is 0. The van der Waals surface area contributed by atoms with Crippen LogP contribution in [0.4, 0.5) is 4.39 Å². The molecule has 27 heavy (non-hydrogen) atoms. The Balaban J connectivity index is 1.68. The van der Waals surface area contributed by atoms with Gasteiger partial charge in [-0.05, 0) is 31.2 Å². The fourth-order valence-electron chi connectivity index (χ4n) is 3.13. The average molecular weight is 383 g/mol. The summed E-state index contributed by atoms with van der Waals surface area (Å²) in [5.74, 6) is -2.05. The molecule has 2 aromatic carbocycles. The maximum Gasteiger partial charge on any atom is 0.268 e. The first-order valence-electron chi connectivity index (χ1n) is 8.32. The van der Waals surface area contributed by atoms with Crippen molar-refractivity contribution in [1.82, 2.24) is 9.47 Å². The van der Waals surface area contributed by atoms with Gasteiger partial charge in [-0.25, -0.2) is 4.39 Å². The number of para-hydroxylation sites is 1. The van der Waals surface area contributed by atoms with E-state index in [1.807, 2.05) is 6.92 Å². The summed E-state index contributed by atoms with van der Waals surface area (Å²) in [7, 11) is 0. The van der Waals surface area contributed by atoms with Crippen molar-refractivity contribution >= 4 is 39.3 Å². The Morgan fingerprint density at radius 3 is 2.37 bits per heavy atom. The van der Waals surface area contributed by atoms with Crippen LogP contribution in [-0.4, -0.2) is 33.7 Å². The first kappa shape index (κ1) is 17.3. The topological polar surface area (TPSA) is 71.7 Å². The van der Waals surface area contributed by atoms with E-state index < -0.39 is 24.3 Å². The zero-order valence-corrected chi connectivity index (χ0v) is 15.1. The molecule has 0 radical (unpaired) electrons. The van der Waals surface area contributed by atoms with Gasteiger partial charge >= 0.3 is 0 Å². The monoisotopic (exact) mass is 383 g/mol. The number of aryl methyl sites for hydroxylation is 1. The minimum absolute atomic E-state index is 0.280. The molecule has 4 rings (SSSR count). The van der Waals surface area contributed by atoms with Crippen molar-refractivity contribution in [2.45, 2.75) is 13.5 Å². The number of halogens is 1. The lowest BCUT2D eigenvalue weighted by Crippen LogP contribution is -2.35. The second kappa shape index (κ2) is 6.55. The molecule has 8 heteroatoms. The summed E-state index contributed by atoms with van der Waals surface area (Å²) in [6.07, 6.45) is 0. The average Bonchev–Trinajstić information content (AvgIpc) is 3.13. The van der Waals surface area contributed by atoms with Gasteiger partial charge in [-0.2, -0.15) is 4.99 Å². The van der Waals surface area contributed by atoms with Gasteiger partial charge in [-0.15, -0.1) is 0 Å². The Hall–Kier alpha value is -3.13. The lowest BCUT2D eigenvalue weighted by atomic mass is 10.1. The molecular weight excluding hydrogens is 369 g/mol. The lowest BCUT2D eigenvalue weighted by Gasteiger charge is -2.10. The Kier molecular flexibility index (Phi) is 4.19. The minimum Gasteiger partial charge on any atom is -0.314 e. The van der Waals surface area contributed by atoms with Crippen molar-refractivity contribution in [2.24, 2.45) is 4.99 Å². The Bertz CT molecular complexity index is 1140. The number of imide groups is 1. The molecule has 0 fully saturated rings. The van der Waals surface area contributed by atoms with E-state index in [4.69, 9.17) is 0 Å². The van der Waals surface area contributed by atoms with Gasteiger partial charge in [0.2, 0.25) is 0 Å². The molecule has 0 saturated heterocycles. The number of fused-ring (bicyclic) bond motifs is 2. The zero-order valence-electron chi connectivity index (χ0n) is 14.3. The van der Waals surface area contributed by atoms with Gasteiger partial charge in [0.15, 0.2) is 4.80 Å². The molecule has 0 spiro atoms. The van der Waals surface area contributed by atoms with Crippen LogP contribution in [0.15, 0.2) is 47.5 Å². The van der Waals surface area contributed by atoms with Crippen molar-refractivity contribution in [3.8, 4) is 0 Å². The maximum absolute atomic E-state index is 14.1. The quantitative estimate of drug-likeness (QED) is 0.653. The predicted molar refractivity (Wildman–Crippen MR) is 97.8 cm³/mol. The van der Waals surface area contributed by atoms with E-state index in [9.17, 15) is 18.8 Å². The number of amides is 3. The third-order valence-corrected chi connectivity index (χ3v) is 5.40. The Labute approximate surface area is 157 Å². The molecule has 1 aromatic heterocycles. The summed E-state index contributed by atoms with van der Waals surface area (Å²) in [4.78, 5) is 42.4. The highest BCUT2D eigenvalue weighted by Crippen LogP contribution is 2.22. The van der Waals surface area contributed by atoms with Crippen LogP contribution >= 0.6 is 11.3 Å². The molecule has 0 saturated carbocycles. The van der Waals surface area contributed by atoms with Gasteiger partial charge in [-0.1, -0.05) is 29.5 Å². The van der Waals surface area contributed by atoms with Gasteiger partial charge in [0.1, 0.15) is 12.4 Å². The number of benzene rings is 2. The second-order valence-electron chi connectivity index (χ2n) is 5.96. The fraction of sp³-hybridized carbons (Fsp3) is 0.158. The first-order valence-corrected chi connectivity index (χ1v) is 9.13. The van der Waals surface area contributed by atoms with Crippen molar-refractivity contribution in [3.05, 3.63) is 64.2 Å². The predicted octanol–water partition coefficient (Wildman–Crippen LogP) is 2.59. The molecule has 0 atom stereocenters. The van der Waals surface area contributed by atoms with E-state index in [-0.39, 0.29) is 16.9 Å². The summed E-state index contributed by atoms with van der Waals surface area (Å²) in [6.45, 7) is 1.80. The second-order valence-corrected chi connectivity index (χ2v) is 6.97. The molecule has 3 amide bonds. The number of hydrogen-bond acceptors (Lipinski definition) is 4. The van der Waals surface area contributed by atoms with E-state index in [0.29, 0.717) is 21.6 Å². The molecule has 1 aliphatic rings. The fourth-order valence-corrected chi connectivity index (χ4v) is 4.25. The zero-order chi connectivity index (χ0) is 19.1. The van der Waals surface area contributed by atoms with Gasteiger partial charge < -0.3 is 4.57 Å². The van der Waals surface area contributed by atoms with Crippen LogP contribution < -0.4 is 4.80 Å². The third-order valence-electron chi connectivity index (χ3n) is 4.36. The van der Waals surface area contributed by atoms with Gasteiger partial charge in [0.25, 0.3) is 17.7 Å². The first-order chi connectivity index (χ1) is 13.0. The van der Waals surface area contributed by atoms with Crippen molar-refractivity contribution in [2.75, 3.05) is 6.54 Å². The number of carbonyl (C=O) groups is 3. The smallest absolute Gasteiger partial charge is 0.268 e. The molecule has 3 aromatic rings. The van der Waals surface area contributed by atoms with Crippen LogP contribution in [0, 0.1) is 5.82 Å². The molecule has 136 valence electrons. The summed E-state index contributed by atoms with van der Waals surface area (Å²) < 4.78 is 16.4. The van der Waals surface area contributed by atoms with E-state index >= 15 is 0 Å². The SMILES string of the molecule is CCn1c(=NC(=O)CN2C(=O)c3ccccc3C2=O)sc2cccc(F)c21. The Morgan fingerprint density at radius 2 is 1.74 bits per heavy atom. The number of nitrogens with zero attached hydrogens (tertiary/aromatic N) is 3. The number of hydrogen-bond donors (Lipinski definition) is 0. The molecular formula is C19H14FN3O3S. The van der Waals surface area contributed by atoms with Crippen molar-refractivity contribution < 1.29 is 18.8 Å². The molecule has 0 unspecified atom stereocenters. The normalized spacial score (nSPS) is 14.3. The number of thiazole rings is 1. The van der Waals surface area contributed by atoms with E-state index in [1.165, 1.54) is 17.4 Å². The standard InChI is InChI=1S/C19H14FN3O3S/c1-2-22-16-13(20)8-5-9-14(16)27-19(22)21-15(24)10-23-17(25)11-6-3-4-7-12(11)18(23)26/h3-9H,2,10H2,1H3. The molecule has 0 N–H and O–H groups in total. The van der Waals surface area contributed by atoms with Crippen LogP contribution in [0.1, 0.15) is 27.6 Å². The van der Waals surface area contributed by atoms with E-state index in [0.717, 1.165) is 4.90 Å². The Morgan fingerprint density at radius 1 is 1.07 bits per heavy atom. The lowest BCUT2D eigenvalue weighted by molar-refractivity contribution is -0.118. The highest BCUT2D eigenvalue weighted by molar-refractivity contribution is 7.16. The highest BCUT2D eigenvalue weighted by Gasteiger charge is 2.36. The van der Waals surface area contributed by atoms with Crippen LogP contribution in [0.3, 0.4) is 0 Å². The largest absolute Gasteiger partial charge is 0.314 e. The van der Waals surface area contributed by atoms with Gasteiger partial charge in [0, 0.05) is 6.54 Å². The number of aromatic nitrogens is 1. The molecule has 0 aliphatic carbocycles. The van der Waals surface area contributed by atoms with Crippen molar-refractivity contribution in [1.29, 1.82) is 0 Å². The summed E-state index contributed by atoms with van der Waals surface area (Å²) in [5.41, 5.74) is 0.947. The molecule has 1 aliphatic heterocycles. The van der Waals surface area contributed by atoms with Crippen LogP contribution in [0.5, 0.6) is 0 Å². The van der Waals surface area contributed by atoms with Crippen LogP contribution in [-0.2, 0) is 11.3 Å². The summed E-state index contributed by atoms with van der Waals surface area (Å²) >= 11 is 1.18. The molecule has 6 nitrogen and oxygen atoms in total. The summed E-state index contributed by atoms with van der Waals surface area (Å²) in [6, 6.07) is 11.1. The van der Waals surface area contributed by atoms with Crippen LogP contribution in [0.2, 0.25) is 0 Å². The number of carbonyl (C=O) groups excluding carboxylic acids is 3. The van der Waals surface area contributed by atoms with E-state index in [2.05, 4.69) is 4.99 Å². The van der Waals surface area contributed by atoms with Crippen LogP contribution in [0.25, 0.3) is 10.2 Å². The molecule has 0 bridgehead atoms. The molecule has 2 heterocycles. The minimum atomic E-state index is -0.640. The van der Waals surface area contributed by atoms with Gasteiger partial charge in [0.05, 0.1) is 21.3 Å². The third kappa shape index (κ3) is 2.78.